The molecular formula is C20H28N6O3. The van der Waals surface area contributed by atoms with Gasteiger partial charge in [0.2, 0.25) is 11.9 Å². The average molecular weight is 400 g/mol. The van der Waals surface area contributed by atoms with E-state index in [1.165, 1.54) is 12.1 Å². The fourth-order valence-corrected chi connectivity index (χ4v) is 3.36. The molecule has 0 unspecified atom stereocenters. The summed E-state index contributed by atoms with van der Waals surface area (Å²) in [7, 11) is 0. The first kappa shape index (κ1) is 20.7. The molecule has 3 aromatic rings. The zero-order valence-corrected chi connectivity index (χ0v) is 17.2. The second-order valence-electron chi connectivity index (χ2n) is 7.59. The van der Waals surface area contributed by atoms with Crippen molar-refractivity contribution in [1.82, 2.24) is 19.5 Å². The molecule has 0 aliphatic heterocycles. The van der Waals surface area contributed by atoms with Gasteiger partial charge in [0.05, 0.1) is 12.3 Å². The summed E-state index contributed by atoms with van der Waals surface area (Å²) >= 11 is 0. The quantitative estimate of drug-likeness (QED) is 0.444. The third kappa shape index (κ3) is 4.04. The lowest BCUT2D eigenvalue weighted by molar-refractivity contribution is 0.298. The van der Waals surface area contributed by atoms with Gasteiger partial charge in [0.1, 0.15) is 5.52 Å². The zero-order chi connectivity index (χ0) is 21.3. The van der Waals surface area contributed by atoms with Gasteiger partial charge in [-0.05, 0) is 45.4 Å². The summed E-state index contributed by atoms with van der Waals surface area (Å²) in [6.45, 7) is 8.40. The molecule has 2 aromatic heterocycles. The smallest absolute Gasteiger partial charge is 0.228 e. The number of phenols is 2. The van der Waals surface area contributed by atoms with E-state index in [0.717, 1.165) is 5.56 Å². The van der Waals surface area contributed by atoms with Gasteiger partial charge in [0.25, 0.3) is 0 Å². The van der Waals surface area contributed by atoms with Gasteiger partial charge >= 0.3 is 0 Å². The van der Waals surface area contributed by atoms with Crippen LogP contribution in [0.4, 0.5) is 11.9 Å². The Bertz CT molecular complexity index is 1020. The number of hydrogen-bond donors (Lipinski definition) is 4. The lowest BCUT2D eigenvalue weighted by atomic mass is 10.1. The molecule has 29 heavy (non-hydrogen) atoms. The van der Waals surface area contributed by atoms with Crippen LogP contribution in [0.1, 0.15) is 45.0 Å². The summed E-state index contributed by atoms with van der Waals surface area (Å²) in [4.78, 5) is 15.9. The Morgan fingerprint density at radius 3 is 2.38 bits per heavy atom. The van der Waals surface area contributed by atoms with Crippen LogP contribution in [-0.4, -0.2) is 54.0 Å². The predicted molar refractivity (Wildman–Crippen MR) is 112 cm³/mol. The lowest BCUT2D eigenvalue weighted by Gasteiger charge is -2.26. The van der Waals surface area contributed by atoms with E-state index in [2.05, 4.69) is 4.98 Å². The Balaban J connectivity index is 2.20. The van der Waals surface area contributed by atoms with Crippen molar-refractivity contribution in [1.29, 1.82) is 0 Å². The maximum Gasteiger partial charge on any atom is 0.228 e. The van der Waals surface area contributed by atoms with Gasteiger partial charge in [0.15, 0.2) is 17.1 Å². The highest BCUT2D eigenvalue weighted by atomic mass is 16.3. The molecule has 0 bridgehead atoms. The van der Waals surface area contributed by atoms with E-state index in [4.69, 9.17) is 15.7 Å². The average Bonchev–Trinajstić information content (AvgIpc) is 2.98. The van der Waals surface area contributed by atoms with Crippen LogP contribution in [-0.2, 0) is 6.42 Å². The van der Waals surface area contributed by atoms with Gasteiger partial charge in [-0.3, -0.25) is 4.57 Å². The molecule has 0 spiro atoms. The Hall–Kier alpha value is -3.07. The number of aliphatic hydroxyl groups excluding tert-OH is 1. The molecule has 0 aliphatic rings. The van der Waals surface area contributed by atoms with Crippen LogP contribution in [0.25, 0.3) is 11.2 Å². The molecule has 156 valence electrons. The molecule has 0 saturated heterocycles. The van der Waals surface area contributed by atoms with Crippen molar-refractivity contribution in [2.45, 2.75) is 46.2 Å². The third-order valence-corrected chi connectivity index (χ3v) is 4.78. The monoisotopic (exact) mass is 400 g/mol. The Morgan fingerprint density at radius 1 is 1.07 bits per heavy atom. The molecule has 1 aromatic carbocycles. The van der Waals surface area contributed by atoms with Gasteiger partial charge in [-0.15, -0.1) is 0 Å². The highest BCUT2D eigenvalue weighted by Crippen LogP contribution is 2.30. The molecule has 9 heteroatoms. The van der Waals surface area contributed by atoms with E-state index >= 15 is 0 Å². The number of nitrogen functional groups attached to an aromatic ring is 1. The number of nitrogens with two attached hydrogens (primary N) is 1. The van der Waals surface area contributed by atoms with E-state index in [-0.39, 0.29) is 30.2 Å². The lowest BCUT2D eigenvalue weighted by Crippen LogP contribution is -2.35. The molecule has 3 rings (SSSR count). The van der Waals surface area contributed by atoms with Crippen LogP contribution in [0.5, 0.6) is 11.5 Å². The summed E-state index contributed by atoms with van der Waals surface area (Å²) in [6, 6.07) is 4.80. The van der Waals surface area contributed by atoms with Crippen molar-refractivity contribution in [3.05, 3.63) is 29.5 Å². The number of aromatic hydroxyl groups is 2. The molecule has 0 fully saturated rings. The molecule has 0 atom stereocenters. The minimum absolute atomic E-state index is 0.0215. The minimum atomic E-state index is -0.190. The van der Waals surface area contributed by atoms with E-state index in [9.17, 15) is 15.3 Å². The first-order valence-corrected chi connectivity index (χ1v) is 9.65. The van der Waals surface area contributed by atoms with E-state index in [0.29, 0.717) is 41.7 Å². The number of fused-ring (bicyclic) bond motifs is 1. The minimum Gasteiger partial charge on any atom is -0.504 e. The molecule has 0 amide bonds. The van der Waals surface area contributed by atoms with Crippen LogP contribution >= 0.6 is 0 Å². The largest absolute Gasteiger partial charge is 0.504 e. The van der Waals surface area contributed by atoms with Crippen LogP contribution in [0.3, 0.4) is 0 Å². The molecular weight excluding hydrogens is 372 g/mol. The third-order valence-electron chi connectivity index (χ3n) is 4.78. The summed E-state index contributed by atoms with van der Waals surface area (Å²) < 4.78 is 1.86. The number of anilines is 2. The van der Waals surface area contributed by atoms with Gasteiger partial charge in [-0.1, -0.05) is 6.07 Å². The molecule has 2 heterocycles. The number of aliphatic hydroxyl groups is 1. The second kappa shape index (κ2) is 8.12. The maximum atomic E-state index is 9.84. The summed E-state index contributed by atoms with van der Waals surface area (Å²) in [5, 5.41) is 28.9. The highest BCUT2D eigenvalue weighted by molar-refractivity contribution is 5.78. The summed E-state index contributed by atoms with van der Waals surface area (Å²) in [6.07, 6.45) is 0.374. The van der Waals surface area contributed by atoms with E-state index in [1.807, 2.05) is 37.2 Å². The number of rotatable bonds is 7. The topological polar surface area (TPSA) is 134 Å². The van der Waals surface area contributed by atoms with Gasteiger partial charge in [0, 0.05) is 25.0 Å². The normalized spacial score (nSPS) is 11.7. The first-order chi connectivity index (χ1) is 13.7. The van der Waals surface area contributed by atoms with E-state index in [1.54, 1.807) is 6.07 Å². The first-order valence-electron chi connectivity index (χ1n) is 9.65. The van der Waals surface area contributed by atoms with Crippen LogP contribution in [0, 0.1) is 0 Å². The molecule has 0 radical (unpaired) electrons. The SMILES string of the molecule is CC(C)N(CCO)c1nc(Cc2ccc(O)c(O)c2)c2nc(N)n(C(C)C)c2n1. The van der Waals surface area contributed by atoms with Crippen molar-refractivity contribution >= 4 is 23.1 Å². The molecule has 5 N–H and O–H groups in total. The Kier molecular flexibility index (Phi) is 5.78. The fourth-order valence-electron chi connectivity index (χ4n) is 3.36. The second-order valence-corrected chi connectivity index (χ2v) is 7.59. The van der Waals surface area contributed by atoms with Gasteiger partial charge in [-0.25, -0.2) is 9.97 Å². The summed E-state index contributed by atoms with van der Waals surface area (Å²) in [5.41, 5.74) is 8.81. The van der Waals surface area contributed by atoms with Gasteiger partial charge < -0.3 is 26.0 Å². The Labute approximate surface area is 169 Å². The number of aromatic nitrogens is 4. The van der Waals surface area contributed by atoms with Crippen molar-refractivity contribution in [3.8, 4) is 11.5 Å². The number of imidazole rings is 1. The Morgan fingerprint density at radius 2 is 1.79 bits per heavy atom. The zero-order valence-electron chi connectivity index (χ0n) is 17.2. The summed E-state index contributed by atoms with van der Waals surface area (Å²) in [5.74, 6) is 0.477. The number of phenolic OH excluding ortho intramolecular Hbond substituents is 2. The van der Waals surface area contributed by atoms with Gasteiger partial charge in [-0.2, -0.15) is 4.98 Å². The van der Waals surface area contributed by atoms with E-state index < -0.39 is 0 Å². The van der Waals surface area contributed by atoms with Crippen molar-refractivity contribution in [2.75, 3.05) is 23.8 Å². The number of nitrogens with zero attached hydrogens (tertiary/aromatic N) is 5. The molecule has 9 nitrogen and oxygen atoms in total. The predicted octanol–water partition coefficient (Wildman–Crippen LogP) is 2.20. The van der Waals surface area contributed by atoms with Crippen molar-refractivity contribution < 1.29 is 15.3 Å². The maximum absolute atomic E-state index is 9.84. The highest BCUT2D eigenvalue weighted by Gasteiger charge is 2.22. The van der Waals surface area contributed by atoms with Crippen LogP contribution in [0.2, 0.25) is 0 Å². The van der Waals surface area contributed by atoms with Crippen molar-refractivity contribution in [3.63, 3.8) is 0 Å². The fraction of sp³-hybridized carbons (Fsp3) is 0.450. The van der Waals surface area contributed by atoms with Crippen molar-refractivity contribution in [2.24, 2.45) is 0 Å². The molecule has 0 saturated carbocycles. The standard InChI is InChI=1S/C20H28N6O3/c1-11(2)25(7-8-27)20-22-14(9-13-5-6-15(28)16(29)10-13)17-18(24-20)26(12(3)4)19(21)23-17/h5-6,10-12,27-29H,7-9H2,1-4H3,(H2,21,23). The number of hydrogen-bond acceptors (Lipinski definition) is 8. The van der Waals surface area contributed by atoms with Crippen LogP contribution in [0.15, 0.2) is 18.2 Å². The van der Waals surface area contributed by atoms with Crippen LogP contribution < -0.4 is 10.6 Å². The number of benzene rings is 1. The molecule has 0 aliphatic carbocycles.